The fourth-order valence-electron chi connectivity index (χ4n) is 2.02. The second kappa shape index (κ2) is 8.04. The number of halogens is 1. The lowest BCUT2D eigenvalue weighted by molar-refractivity contribution is -0.128. The number of benzene rings is 1. The first-order chi connectivity index (χ1) is 11.0. The van der Waals surface area contributed by atoms with Crippen LogP contribution in [0.15, 0.2) is 41.8 Å². The summed E-state index contributed by atoms with van der Waals surface area (Å²) in [7, 11) is 1.71. The minimum absolute atomic E-state index is 0.0177. The molecule has 0 aliphatic carbocycles. The lowest BCUT2D eigenvalue weighted by Crippen LogP contribution is -2.34. The zero-order valence-corrected chi connectivity index (χ0v) is 14.5. The van der Waals surface area contributed by atoms with Crippen LogP contribution in [-0.2, 0) is 4.79 Å². The molecule has 2 rings (SSSR count). The molecule has 0 unspecified atom stereocenters. The summed E-state index contributed by atoms with van der Waals surface area (Å²) in [4.78, 5) is 18.2. The summed E-state index contributed by atoms with van der Waals surface area (Å²) in [5.41, 5.74) is 0.937. The second-order valence-electron chi connectivity index (χ2n) is 4.98. The van der Waals surface area contributed by atoms with Crippen molar-refractivity contribution in [3.05, 3.63) is 41.7 Å². The van der Waals surface area contributed by atoms with Gasteiger partial charge in [0.2, 0.25) is 5.91 Å². The monoisotopic (exact) mass is 348 g/mol. The summed E-state index contributed by atoms with van der Waals surface area (Å²) in [6, 6.07) is 9.48. The Morgan fingerprint density at radius 3 is 2.83 bits per heavy atom. The molecule has 0 aliphatic heterocycles. The number of aromatic nitrogens is 2. The zero-order chi connectivity index (χ0) is 16.8. The molecule has 0 radical (unpaired) electrons. The van der Waals surface area contributed by atoms with Gasteiger partial charge in [-0.25, -0.2) is 4.98 Å². The van der Waals surface area contributed by atoms with Crippen LogP contribution in [0.5, 0.6) is 0 Å². The number of nitrogens with zero attached hydrogens (tertiary/aromatic N) is 4. The van der Waals surface area contributed by atoms with Gasteiger partial charge in [-0.1, -0.05) is 23.4 Å². The third kappa shape index (κ3) is 4.50. The molecule has 0 bridgehead atoms. The molecule has 1 aromatic heterocycles. The van der Waals surface area contributed by atoms with Crippen molar-refractivity contribution in [1.29, 1.82) is 5.26 Å². The van der Waals surface area contributed by atoms with Gasteiger partial charge in [0.15, 0.2) is 5.16 Å². The van der Waals surface area contributed by atoms with Crippen LogP contribution in [-0.4, -0.2) is 39.2 Å². The number of imidazole rings is 1. The molecule has 1 heterocycles. The van der Waals surface area contributed by atoms with Gasteiger partial charge in [-0.15, -0.1) is 0 Å². The smallest absolute Gasteiger partial charge is 0.235 e. The zero-order valence-electron chi connectivity index (χ0n) is 12.9. The Morgan fingerprint density at radius 2 is 2.17 bits per heavy atom. The molecule has 1 aromatic carbocycles. The summed E-state index contributed by atoms with van der Waals surface area (Å²) in [6.07, 6.45) is 3.88. The molecule has 0 saturated heterocycles. The van der Waals surface area contributed by atoms with Crippen molar-refractivity contribution < 1.29 is 4.79 Å². The van der Waals surface area contributed by atoms with E-state index >= 15 is 0 Å². The molecular formula is C16H17ClN4OS. The van der Waals surface area contributed by atoms with Crippen molar-refractivity contribution in [2.75, 3.05) is 13.6 Å². The van der Waals surface area contributed by atoms with Gasteiger partial charge in [-0.05, 0) is 31.2 Å². The highest BCUT2D eigenvalue weighted by Gasteiger charge is 2.20. The van der Waals surface area contributed by atoms with Crippen LogP contribution in [0.1, 0.15) is 13.3 Å². The van der Waals surface area contributed by atoms with Crippen LogP contribution in [0.25, 0.3) is 5.69 Å². The first kappa shape index (κ1) is 17.4. The average molecular weight is 349 g/mol. The van der Waals surface area contributed by atoms with E-state index in [2.05, 4.69) is 4.98 Å². The molecule has 23 heavy (non-hydrogen) atoms. The van der Waals surface area contributed by atoms with Gasteiger partial charge in [0.05, 0.1) is 17.7 Å². The number of amides is 1. The van der Waals surface area contributed by atoms with Gasteiger partial charge in [-0.2, -0.15) is 5.26 Å². The van der Waals surface area contributed by atoms with Crippen molar-refractivity contribution in [3.8, 4) is 11.8 Å². The molecule has 0 N–H and O–H groups in total. The van der Waals surface area contributed by atoms with Gasteiger partial charge < -0.3 is 4.90 Å². The molecule has 0 aliphatic rings. The number of nitriles is 1. The van der Waals surface area contributed by atoms with E-state index in [4.69, 9.17) is 16.9 Å². The van der Waals surface area contributed by atoms with Crippen LogP contribution in [0.2, 0.25) is 5.02 Å². The predicted molar refractivity (Wildman–Crippen MR) is 91.8 cm³/mol. The molecule has 120 valence electrons. The molecular weight excluding hydrogens is 332 g/mol. The van der Waals surface area contributed by atoms with E-state index < -0.39 is 0 Å². The first-order valence-corrected chi connectivity index (χ1v) is 8.36. The standard InChI is InChI=1S/C16H17ClN4OS/c1-12(15(22)20(2)10-3-8-18)23-16-19-9-11-21(16)14-6-4-13(17)5-7-14/h4-7,9,11-12H,3,10H2,1-2H3/t12-/m1/s1. The second-order valence-corrected chi connectivity index (χ2v) is 6.73. The van der Waals surface area contributed by atoms with Crippen molar-refractivity contribution in [2.45, 2.75) is 23.8 Å². The first-order valence-electron chi connectivity index (χ1n) is 7.11. The molecule has 0 spiro atoms. The van der Waals surface area contributed by atoms with E-state index in [-0.39, 0.29) is 11.2 Å². The normalized spacial score (nSPS) is 11.7. The fourth-order valence-corrected chi connectivity index (χ4v) is 3.15. The van der Waals surface area contributed by atoms with Gasteiger partial charge in [0, 0.05) is 36.7 Å². The van der Waals surface area contributed by atoms with Crippen LogP contribution in [0.4, 0.5) is 0 Å². The summed E-state index contributed by atoms with van der Waals surface area (Å²) in [5.74, 6) is -0.0177. The summed E-state index contributed by atoms with van der Waals surface area (Å²) in [6.45, 7) is 2.28. The average Bonchev–Trinajstić information content (AvgIpc) is 3.00. The highest BCUT2D eigenvalue weighted by molar-refractivity contribution is 8.00. The van der Waals surface area contributed by atoms with E-state index in [1.165, 1.54) is 11.8 Å². The largest absolute Gasteiger partial charge is 0.344 e. The minimum Gasteiger partial charge on any atom is -0.344 e. The topological polar surface area (TPSA) is 61.9 Å². The number of hydrogen-bond acceptors (Lipinski definition) is 4. The quantitative estimate of drug-likeness (QED) is 0.751. The highest BCUT2D eigenvalue weighted by Crippen LogP contribution is 2.26. The van der Waals surface area contributed by atoms with Gasteiger partial charge in [-0.3, -0.25) is 9.36 Å². The Bertz CT molecular complexity index is 708. The maximum atomic E-state index is 12.3. The van der Waals surface area contributed by atoms with Gasteiger partial charge in [0.1, 0.15) is 0 Å². The Kier molecular flexibility index (Phi) is 6.08. The van der Waals surface area contributed by atoms with E-state index in [0.29, 0.717) is 18.0 Å². The van der Waals surface area contributed by atoms with Gasteiger partial charge in [0.25, 0.3) is 0 Å². The minimum atomic E-state index is -0.285. The summed E-state index contributed by atoms with van der Waals surface area (Å²) >= 11 is 7.30. The van der Waals surface area contributed by atoms with E-state index in [1.54, 1.807) is 18.1 Å². The molecule has 0 saturated carbocycles. The van der Waals surface area contributed by atoms with Crippen molar-refractivity contribution in [2.24, 2.45) is 0 Å². The van der Waals surface area contributed by atoms with Crippen LogP contribution in [0.3, 0.4) is 0 Å². The van der Waals surface area contributed by atoms with Gasteiger partial charge >= 0.3 is 0 Å². The summed E-state index contributed by atoms with van der Waals surface area (Å²) < 4.78 is 1.92. The number of carbonyl (C=O) groups excluding carboxylic acids is 1. The third-order valence-corrected chi connectivity index (χ3v) is 4.60. The molecule has 2 aromatic rings. The Hall–Kier alpha value is -1.97. The highest BCUT2D eigenvalue weighted by atomic mass is 35.5. The van der Waals surface area contributed by atoms with E-state index in [1.807, 2.05) is 48.0 Å². The lowest BCUT2D eigenvalue weighted by Gasteiger charge is -2.20. The third-order valence-electron chi connectivity index (χ3n) is 3.28. The lowest BCUT2D eigenvalue weighted by atomic mass is 10.3. The van der Waals surface area contributed by atoms with Crippen molar-refractivity contribution in [1.82, 2.24) is 14.5 Å². The Morgan fingerprint density at radius 1 is 1.48 bits per heavy atom. The van der Waals surface area contributed by atoms with E-state index in [0.717, 1.165) is 10.8 Å². The van der Waals surface area contributed by atoms with Crippen LogP contribution >= 0.6 is 23.4 Å². The molecule has 1 atom stereocenters. The SMILES string of the molecule is C[C@@H](Sc1nccn1-c1ccc(Cl)cc1)C(=O)N(C)CCC#N. The maximum Gasteiger partial charge on any atom is 0.235 e. The molecule has 5 nitrogen and oxygen atoms in total. The van der Waals surface area contributed by atoms with Crippen molar-refractivity contribution in [3.63, 3.8) is 0 Å². The van der Waals surface area contributed by atoms with Crippen molar-refractivity contribution >= 4 is 29.3 Å². The number of rotatable bonds is 6. The molecule has 1 amide bonds. The fraction of sp³-hybridized carbons (Fsp3) is 0.312. The predicted octanol–water partition coefficient (Wildman–Crippen LogP) is 3.38. The molecule has 7 heteroatoms. The Balaban J connectivity index is 2.09. The maximum absolute atomic E-state index is 12.3. The molecule has 0 fully saturated rings. The number of thioether (sulfide) groups is 1. The number of carbonyl (C=O) groups is 1. The van der Waals surface area contributed by atoms with E-state index in [9.17, 15) is 4.79 Å². The van der Waals surface area contributed by atoms with Crippen LogP contribution < -0.4 is 0 Å². The Labute approximate surface area is 144 Å². The number of hydrogen-bond donors (Lipinski definition) is 0. The summed E-state index contributed by atoms with van der Waals surface area (Å²) in [5, 5.41) is 9.73. The van der Waals surface area contributed by atoms with Crippen LogP contribution in [0, 0.1) is 11.3 Å².